The predicted octanol–water partition coefficient (Wildman–Crippen LogP) is -0.184. The topological polar surface area (TPSA) is 80.9 Å². The first-order valence-electron chi connectivity index (χ1n) is 10.3. The lowest BCUT2D eigenvalue weighted by atomic mass is 9.78. The maximum Gasteiger partial charge on any atom is 0.253 e. The summed E-state index contributed by atoms with van der Waals surface area (Å²) in [5, 5.41) is 1.91. The number of piperidine rings is 1. The molecule has 0 spiro atoms. The van der Waals surface area contributed by atoms with E-state index in [9.17, 15) is 4.79 Å². The molecule has 0 bridgehead atoms. The zero-order valence-corrected chi connectivity index (χ0v) is 17.0. The molecule has 0 aromatic heterocycles. The molecule has 4 N–H and O–H groups in total. The maximum absolute atomic E-state index is 11.9. The minimum absolute atomic E-state index is 0.0399. The molecule has 3 heterocycles. The Morgan fingerprint density at radius 1 is 1.26 bits per heavy atom. The van der Waals surface area contributed by atoms with Crippen LogP contribution in [0.5, 0.6) is 0 Å². The van der Waals surface area contributed by atoms with Crippen LogP contribution in [0.4, 0.5) is 0 Å². The molecular weight excluding hydrogens is 368 g/mol. The van der Waals surface area contributed by atoms with E-state index in [1.807, 2.05) is 7.11 Å². The van der Waals surface area contributed by atoms with E-state index in [0.717, 1.165) is 26.1 Å². The number of hydrogen-bond donors (Lipinski definition) is 4. The Bertz CT molecular complexity index is 540. The maximum atomic E-state index is 11.9. The van der Waals surface area contributed by atoms with Gasteiger partial charge in [-0.3, -0.25) is 15.1 Å². The number of fused-ring (bicyclic) bond motifs is 1. The summed E-state index contributed by atoms with van der Waals surface area (Å²) in [6.07, 6.45) is 5.18. The van der Waals surface area contributed by atoms with Crippen molar-refractivity contribution in [3.05, 3.63) is 0 Å². The third kappa shape index (κ3) is 3.99. The molecule has 7 atom stereocenters. The molecular formula is C18H33ClN6O2. The van der Waals surface area contributed by atoms with Crippen molar-refractivity contribution in [2.24, 2.45) is 11.8 Å². The van der Waals surface area contributed by atoms with Gasteiger partial charge in [-0.2, -0.15) is 5.53 Å². The van der Waals surface area contributed by atoms with E-state index in [2.05, 4.69) is 38.6 Å². The van der Waals surface area contributed by atoms with Crippen molar-refractivity contribution in [1.29, 1.82) is 0 Å². The Kier molecular flexibility index (Phi) is 6.23. The minimum Gasteiger partial charge on any atom is -0.381 e. The quantitative estimate of drug-likeness (QED) is 0.487. The second-order valence-electron chi connectivity index (χ2n) is 8.53. The number of hydrazine groups is 3. The summed E-state index contributed by atoms with van der Waals surface area (Å²) >= 11 is 6.36. The molecule has 3 saturated heterocycles. The number of amides is 1. The van der Waals surface area contributed by atoms with Crippen molar-refractivity contribution >= 4 is 17.5 Å². The van der Waals surface area contributed by atoms with Crippen molar-refractivity contribution in [1.82, 2.24) is 31.7 Å². The molecule has 1 saturated carbocycles. The molecule has 4 aliphatic rings. The van der Waals surface area contributed by atoms with Crippen LogP contribution in [0.15, 0.2) is 0 Å². The third-order valence-electron chi connectivity index (χ3n) is 7.11. The van der Waals surface area contributed by atoms with E-state index in [1.165, 1.54) is 19.3 Å². The molecule has 3 aliphatic heterocycles. The van der Waals surface area contributed by atoms with Crippen LogP contribution in [0.3, 0.4) is 0 Å². The number of methoxy groups -OCH3 is 1. The largest absolute Gasteiger partial charge is 0.381 e. The van der Waals surface area contributed by atoms with Gasteiger partial charge in [-0.15, -0.1) is 11.6 Å². The van der Waals surface area contributed by atoms with Gasteiger partial charge in [0.05, 0.1) is 12.1 Å². The zero-order valence-electron chi connectivity index (χ0n) is 16.3. The molecule has 7 unspecified atom stereocenters. The second-order valence-corrected chi connectivity index (χ2v) is 9.00. The van der Waals surface area contributed by atoms with Crippen LogP contribution in [-0.4, -0.2) is 78.7 Å². The molecule has 154 valence electrons. The van der Waals surface area contributed by atoms with Gasteiger partial charge in [0.2, 0.25) is 0 Å². The van der Waals surface area contributed by atoms with Gasteiger partial charge >= 0.3 is 0 Å². The van der Waals surface area contributed by atoms with Gasteiger partial charge in [0.1, 0.15) is 5.38 Å². The number of hydrogen-bond acceptors (Lipinski definition) is 7. The molecule has 0 aromatic carbocycles. The molecule has 1 aliphatic carbocycles. The van der Waals surface area contributed by atoms with E-state index < -0.39 is 5.38 Å². The monoisotopic (exact) mass is 400 g/mol. The number of nitrogens with one attached hydrogen (secondary N) is 4. The predicted molar refractivity (Wildman–Crippen MR) is 104 cm³/mol. The van der Waals surface area contributed by atoms with Crippen LogP contribution in [0.1, 0.15) is 32.6 Å². The number of halogens is 1. The number of alkyl halides is 1. The Morgan fingerprint density at radius 2 is 2.11 bits per heavy atom. The smallest absolute Gasteiger partial charge is 0.253 e. The highest BCUT2D eigenvalue weighted by atomic mass is 35.5. The summed E-state index contributed by atoms with van der Waals surface area (Å²) in [6.45, 7) is 5.94. The highest BCUT2D eigenvalue weighted by molar-refractivity contribution is 6.31. The highest BCUT2D eigenvalue weighted by Gasteiger charge is 2.44. The van der Waals surface area contributed by atoms with Gasteiger partial charge < -0.3 is 4.74 Å². The minimum atomic E-state index is -0.498. The molecule has 0 aromatic rings. The van der Waals surface area contributed by atoms with Crippen LogP contribution in [0.25, 0.3) is 0 Å². The number of carbonyl (C=O) groups is 1. The second kappa shape index (κ2) is 8.49. The van der Waals surface area contributed by atoms with E-state index >= 15 is 0 Å². The molecule has 8 nitrogen and oxygen atoms in total. The standard InChI is InChI=1S/C18H33ClN6O2/c1-11-12(4-3-5-16(11)27-2)9-25-14-6-7-24(10-13(14)21-23-25)15-8-20-22-18(26)17(15)19/h11-17,20-21,23H,3-10H2,1-2H3,(H,22,26). The lowest BCUT2D eigenvalue weighted by molar-refractivity contribution is -0.125. The Hall–Kier alpha value is -0.480. The van der Waals surface area contributed by atoms with E-state index in [4.69, 9.17) is 16.3 Å². The van der Waals surface area contributed by atoms with Crippen LogP contribution in [-0.2, 0) is 9.53 Å². The Morgan fingerprint density at radius 3 is 2.93 bits per heavy atom. The average Bonchev–Trinajstić information content (AvgIpc) is 3.08. The van der Waals surface area contributed by atoms with E-state index in [0.29, 0.717) is 36.6 Å². The van der Waals surface area contributed by atoms with Crippen LogP contribution >= 0.6 is 11.6 Å². The number of nitrogens with zero attached hydrogens (tertiary/aromatic N) is 2. The van der Waals surface area contributed by atoms with Crippen molar-refractivity contribution in [3.63, 3.8) is 0 Å². The van der Waals surface area contributed by atoms with Gasteiger partial charge in [-0.05, 0) is 31.1 Å². The van der Waals surface area contributed by atoms with Crippen molar-refractivity contribution < 1.29 is 9.53 Å². The number of rotatable bonds is 4. The van der Waals surface area contributed by atoms with Crippen molar-refractivity contribution in [2.45, 2.75) is 62.2 Å². The summed E-state index contributed by atoms with van der Waals surface area (Å²) < 4.78 is 5.69. The van der Waals surface area contributed by atoms with E-state index in [-0.39, 0.29) is 11.9 Å². The number of ether oxygens (including phenoxy) is 1. The zero-order chi connectivity index (χ0) is 19.0. The molecule has 27 heavy (non-hydrogen) atoms. The SMILES string of the molecule is COC1CCCC(CN2NNC3CN(C4CNNC(=O)C4Cl)CCC32)C1C. The molecule has 4 fully saturated rings. The fourth-order valence-corrected chi connectivity index (χ4v) is 5.67. The Labute approximate surface area is 166 Å². The third-order valence-corrected chi connectivity index (χ3v) is 7.60. The Balaban J connectivity index is 1.33. The van der Waals surface area contributed by atoms with E-state index in [1.54, 1.807) is 0 Å². The molecule has 9 heteroatoms. The summed E-state index contributed by atoms with van der Waals surface area (Å²) in [5.41, 5.74) is 12.5. The summed E-state index contributed by atoms with van der Waals surface area (Å²) in [7, 11) is 1.84. The van der Waals surface area contributed by atoms with Crippen molar-refractivity contribution in [2.75, 3.05) is 33.3 Å². The normalized spacial score (nSPS) is 44.1. The van der Waals surface area contributed by atoms with Crippen LogP contribution < -0.4 is 21.8 Å². The van der Waals surface area contributed by atoms with Gasteiger partial charge in [-0.1, -0.05) is 13.3 Å². The number of carbonyl (C=O) groups excluding carboxylic acids is 1. The lowest BCUT2D eigenvalue weighted by Crippen LogP contribution is -2.65. The first-order valence-corrected chi connectivity index (χ1v) is 10.7. The molecule has 0 radical (unpaired) electrons. The summed E-state index contributed by atoms with van der Waals surface area (Å²) in [4.78, 5) is 14.2. The summed E-state index contributed by atoms with van der Waals surface area (Å²) in [5.74, 6) is 1.12. The van der Waals surface area contributed by atoms with Crippen LogP contribution in [0.2, 0.25) is 0 Å². The lowest BCUT2D eigenvalue weighted by Gasteiger charge is -2.44. The highest BCUT2D eigenvalue weighted by Crippen LogP contribution is 2.33. The van der Waals surface area contributed by atoms with Gasteiger partial charge in [0.15, 0.2) is 0 Å². The van der Waals surface area contributed by atoms with Gasteiger partial charge in [-0.25, -0.2) is 15.9 Å². The number of likely N-dealkylation sites (tertiary alicyclic amines) is 1. The van der Waals surface area contributed by atoms with Gasteiger partial charge in [0, 0.05) is 45.4 Å². The molecule has 4 rings (SSSR count). The van der Waals surface area contributed by atoms with Crippen LogP contribution in [0, 0.1) is 11.8 Å². The molecule has 1 amide bonds. The van der Waals surface area contributed by atoms with Gasteiger partial charge in [0.25, 0.3) is 5.91 Å². The average molecular weight is 401 g/mol. The first kappa shape index (κ1) is 19.8. The summed E-state index contributed by atoms with van der Waals surface area (Å²) in [6, 6.07) is 0.873. The fraction of sp³-hybridized carbons (Fsp3) is 0.944. The first-order chi connectivity index (χ1) is 13.1. The fourth-order valence-electron chi connectivity index (χ4n) is 5.37. The van der Waals surface area contributed by atoms with Crippen molar-refractivity contribution in [3.8, 4) is 0 Å².